The molecule has 15 heavy (non-hydrogen) atoms. The summed E-state index contributed by atoms with van der Waals surface area (Å²) in [4.78, 5) is 0. The lowest BCUT2D eigenvalue weighted by Crippen LogP contribution is -1.79. The predicted molar refractivity (Wildman–Crippen MR) is 64.9 cm³/mol. The molecule has 1 aromatic heterocycles. The zero-order chi connectivity index (χ0) is 11.1. The lowest BCUT2D eigenvalue weighted by atomic mass is 10.1. The van der Waals surface area contributed by atoms with Gasteiger partial charge in [-0.2, -0.15) is 0 Å². The summed E-state index contributed by atoms with van der Waals surface area (Å²) in [5.74, 6) is 0.933. The van der Waals surface area contributed by atoms with E-state index in [2.05, 4.69) is 31.2 Å². The van der Waals surface area contributed by atoms with Crippen LogP contribution in [0.15, 0.2) is 47.1 Å². The van der Waals surface area contributed by atoms with Crippen molar-refractivity contribution in [3.05, 3.63) is 48.2 Å². The normalized spacial score (nSPS) is 9.27. The highest BCUT2D eigenvalue weighted by molar-refractivity contribution is 5.57. The largest absolute Gasteiger partial charge is 0.464 e. The van der Waals surface area contributed by atoms with Crippen molar-refractivity contribution in [2.24, 2.45) is 0 Å². The van der Waals surface area contributed by atoms with Crippen LogP contribution in [-0.2, 0) is 6.42 Å². The molecule has 0 aliphatic rings. The second-order valence-electron chi connectivity index (χ2n) is 3.03. The minimum absolute atomic E-state index is 0.933. The van der Waals surface area contributed by atoms with Gasteiger partial charge in [0.25, 0.3) is 0 Å². The third-order valence-electron chi connectivity index (χ3n) is 2.17. The maximum Gasteiger partial charge on any atom is 0.133 e. The molecule has 0 fully saturated rings. The van der Waals surface area contributed by atoms with E-state index >= 15 is 0 Å². The maximum atomic E-state index is 5.29. The molecule has 1 aromatic carbocycles. The summed E-state index contributed by atoms with van der Waals surface area (Å²) >= 11 is 0. The molecule has 0 saturated carbocycles. The van der Waals surface area contributed by atoms with E-state index in [1.807, 2.05) is 26.0 Å². The SMILES string of the molecule is CC.CCc1ccc(-c2ccco2)cc1. The third kappa shape index (κ3) is 2.98. The molecule has 0 bridgehead atoms. The Morgan fingerprint density at radius 2 is 1.67 bits per heavy atom. The minimum Gasteiger partial charge on any atom is -0.464 e. The van der Waals surface area contributed by atoms with Gasteiger partial charge in [0.2, 0.25) is 0 Å². The van der Waals surface area contributed by atoms with E-state index in [1.54, 1.807) is 6.26 Å². The number of rotatable bonds is 2. The summed E-state index contributed by atoms with van der Waals surface area (Å²) in [7, 11) is 0. The molecule has 1 heterocycles. The quantitative estimate of drug-likeness (QED) is 0.697. The van der Waals surface area contributed by atoms with Gasteiger partial charge in [0.1, 0.15) is 5.76 Å². The predicted octanol–water partition coefficient (Wildman–Crippen LogP) is 4.54. The smallest absolute Gasteiger partial charge is 0.133 e. The van der Waals surface area contributed by atoms with Gasteiger partial charge in [-0.25, -0.2) is 0 Å². The first-order valence-corrected chi connectivity index (χ1v) is 5.53. The van der Waals surface area contributed by atoms with E-state index < -0.39 is 0 Å². The molecule has 1 heteroatoms. The molecular weight excluding hydrogens is 184 g/mol. The molecule has 0 spiro atoms. The molecule has 0 unspecified atom stereocenters. The minimum atomic E-state index is 0.933. The number of aryl methyl sites for hydroxylation is 1. The summed E-state index contributed by atoms with van der Waals surface area (Å²) < 4.78 is 5.29. The molecule has 2 aromatic rings. The van der Waals surface area contributed by atoms with Gasteiger partial charge in [0.05, 0.1) is 6.26 Å². The Morgan fingerprint density at radius 3 is 2.13 bits per heavy atom. The highest BCUT2D eigenvalue weighted by Crippen LogP contribution is 2.19. The number of hydrogen-bond donors (Lipinski definition) is 0. The van der Waals surface area contributed by atoms with Gasteiger partial charge in [0.15, 0.2) is 0 Å². The summed E-state index contributed by atoms with van der Waals surface area (Å²) in [5, 5.41) is 0. The standard InChI is InChI=1S/C12H12O.C2H6/c1-2-10-5-7-11(8-6-10)12-4-3-9-13-12;1-2/h3-9H,2H2,1H3;1-2H3. The van der Waals surface area contributed by atoms with Crippen LogP contribution in [0.5, 0.6) is 0 Å². The second kappa shape index (κ2) is 6.07. The molecular formula is C14H18O. The van der Waals surface area contributed by atoms with E-state index in [-0.39, 0.29) is 0 Å². The zero-order valence-electron chi connectivity index (χ0n) is 9.66. The Morgan fingerprint density at radius 1 is 1.00 bits per heavy atom. The van der Waals surface area contributed by atoms with E-state index in [1.165, 1.54) is 5.56 Å². The number of benzene rings is 1. The Labute approximate surface area is 91.7 Å². The lowest BCUT2D eigenvalue weighted by molar-refractivity contribution is 0.582. The van der Waals surface area contributed by atoms with Crippen LogP contribution in [0, 0.1) is 0 Å². The van der Waals surface area contributed by atoms with Crippen LogP contribution in [0.3, 0.4) is 0 Å². The first kappa shape index (κ1) is 11.6. The fourth-order valence-corrected chi connectivity index (χ4v) is 1.35. The van der Waals surface area contributed by atoms with Crippen molar-refractivity contribution in [2.45, 2.75) is 27.2 Å². The van der Waals surface area contributed by atoms with E-state index in [0.29, 0.717) is 0 Å². The summed E-state index contributed by atoms with van der Waals surface area (Å²) in [5.41, 5.74) is 2.50. The summed E-state index contributed by atoms with van der Waals surface area (Å²) in [6, 6.07) is 12.3. The third-order valence-corrected chi connectivity index (χ3v) is 2.17. The highest BCUT2D eigenvalue weighted by atomic mass is 16.3. The maximum absolute atomic E-state index is 5.29. The van der Waals surface area contributed by atoms with Gasteiger partial charge < -0.3 is 4.42 Å². The molecule has 80 valence electrons. The molecule has 1 nitrogen and oxygen atoms in total. The van der Waals surface area contributed by atoms with Crippen molar-refractivity contribution in [3.8, 4) is 11.3 Å². The fourth-order valence-electron chi connectivity index (χ4n) is 1.35. The van der Waals surface area contributed by atoms with Crippen LogP contribution >= 0.6 is 0 Å². The molecule has 0 saturated heterocycles. The van der Waals surface area contributed by atoms with Gasteiger partial charge >= 0.3 is 0 Å². The fraction of sp³-hybridized carbons (Fsp3) is 0.286. The average Bonchev–Trinajstić information content (AvgIpc) is 2.85. The lowest BCUT2D eigenvalue weighted by Gasteiger charge is -1.98. The summed E-state index contributed by atoms with van der Waals surface area (Å²) in [6.07, 6.45) is 2.78. The van der Waals surface area contributed by atoms with E-state index in [9.17, 15) is 0 Å². The van der Waals surface area contributed by atoms with Crippen LogP contribution in [0.25, 0.3) is 11.3 Å². The Hall–Kier alpha value is -1.50. The molecule has 0 aliphatic heterocycles. The van der Waals surface area contributed by atoms with E-state index in [0.717, 1.165) is 17.7 Å². The first-order valence-electron chi connectivity index (χ1n) is 5.53. The summed E-state index contributed by atoms with van der Waals surface area (Å²) in [6.45, 7) is 6.15. The van der Waals surface area contributed by atoms with Gasteiger partial charge in [-0.1, -0.05) is 45.0 Å². The molecule has 0 radical (unpaired) electrons. The van der Waals surface area contributed by atoms with Crippen molar-refractivity contribution >= 4 is 0 Å². The number of hydrogen-bond acceptors (Lipinski definition) is 1. The van der Waals surface area contributed by atoms with Crippen LogP contribution in [-0.4, -0.2) is 0 Å². The average molecular weight is 202 g/mol. The monoisotopic (exact) mass is 202 g/mol. The van der Waals surface area contributed by atoms with Crippen LogP contribution in [0.2, 0.25) is 0 Å². The van der Waals surface area contributed by atoms with Gasteiger partial charge in [-0.15, -0.1) is 0 Å². The van der Waals surface area contributed by atoms with Crippen molar-refractivity contribution in [1.82, 2.24) is 0 Å². The van der Waals surface area contributed by atoms with Crippen LogP contribution in [0.1, 0.15) is 26.3 Å². The molecule has 2 rings (SSSR count). The van der Waals surface area contributed by atoms with Gasteiger partial charge in [-0.05, 0) is 24.1 Å². The molecule has 0 aliphatic carbocycles. The Bertz CT molecular complexity index is 357. The molecule has 0 atom stereocenters. The highest BCUT2D eigenvalue weighted by Gasteiger charge is 1.98. The van der Waals surface area contributed by atoms with Gasteiger partial charge in [0, 0.05) is 5.56 Å². The van der Waals surface area contributed by atoms with Gasteiger partial charge in [-0.3, -0.25) is 0 Å². The second-order valence-corrected chi connectivity index (χ2v) is 3.03. The Balaban J connectivity index is 0.000000531. The van der Waals surface area contributed by atoms with E-state index in [4.69, 9.17) is 4.42 Å². The van der Waals surface area contributed by atoms with Crippen molar-refractivity contribution in [3.63, 3.8) is 0 Å². The van der Waals surface area contributed by atoms with Crippen molar-refractivity contribution in [2.75, 3.05) is 0 Å². The van der Waals surface area contributed by atoms with Crippen LogP contribution in [0.4, 0.5) is 0 Å². The zero-order valence-corrected chi connectivity index (χ0v) is 9.66. The topological polar surface area (TPSA) is 13.1 Å². The first-order chi connectivity index (χ1) is 7.40. The molecule has 0 N–H and O–H groups in total. The van der Waals surface area contributed by atoms with Crippen LogP contribution < -0.4 is 0 Å². The molecule has 0 amide bonds. The number of furan rings is 1. The Kier molecular flexibility index (Phi) is 4.69. The van der Waals surface area contributed by atoms with Crippen molar-refractivity contribution < 1.29 is 4.42 Å². The van der Waals surface area contributed by atoms with Crippen molar-refractivity contribution in [1.29, 1.82) is 0 Å².